The topological polar surface area (TPSA) is 17.1 Å². The van der Waals surface area contributed by atoms with Crippen LogP contribution in [-0.2, 0) is 4.79 Å². The zero-order chi connectivity index (χ0) is 11.0. The van der Waals surface area contributed by atoms with Gasteiger partial charge in [0, 0.05) is 5.57 Å². The molecule has 2 aliphatic rings. The van der Waals surface area contributed by atoms with E-state index < -0.39 is 0 Å². The molecule has 0 N–H and O–H groups in total. The van der Waals surface area contributed by atoms with Crippen LogP contribution in [0.2, 0.25) is 0 Å². The van der Waals surface area contributed by atoms with Gasteiger partial charge in [0.25, 0.3) is 0 Å². The van der Waals surface area contributed by atoms with Crippen molar-refractivity contribution in [2.24, 2.45) is 23.7 Å². The SMILES string of the molecule is C=S=CC1CC(C)C2CC(C(=O)Cl)=CC12. The molecule has 2 rings (SSSR count). The highest BCUT2D eigenvalue weighted by molar-refractivity contribution is 7.94. The Kier molecular flexibility index (Phi) is 3.17. The van der Waals surface area contributed by atoms with Gasteiger partial charge >= 0.3 is 0 Å². The highest BCUT2D eigenvalue weighted by Crippen LogP contribution is 2.49. The largest absolute Gasteiger partial charge is 0.276 e. The first-order valence-electron chi connectivity index (χ1n) is 5.28. The van der Waals surface area contributed by atoms with Crippen LogP contribution in [-0.4, -0.2) is 16.5 Å². The van der Waals surface area contributed by atoms with Gasteiger partial charge in [-0.1, -0.05) is 13.0 Å². The van der Waals surface area contributed by atoms with Gasteiger partial charge in [-0.2, -0.15) is 10.9 Å². The van der Waals surface area contributed by atoms with E-state index in [1.165, 1.54) is 17.4 Å². The number of carbonyl (C=O) groups is 1. The first-order valence-corrected chi connectivity index (χ1v) is 6.71. The third-order valence-corrected chi connectivity index (χ3v) is 4.52. The summed E-state index contributed by atoms with van der Waals surface area (Å²) in [6.07, 6.45) is 4.19. The van der Waals surface area contributed by atoms with Crippen molar-refractivity contribution in [1.82, 2.24) is 0 Å². The fourth-order valence-electron chi connectivity index (χ4n) is 3.01. The van der Waals surface area contributed by atoms with E-state index in [4.69, 9.17) is 11.6 Å². The van der Waals surface area contributed by atoms with Crippen molar-refractivity contribution in [3.8, 4) is 0 Å². The number of allylic oxidation sites excluding steroid dienone is 2. The smallest absolute Gasteiger partial charge is 0.248 e. The Balaban J connectivity index is 2.23. The summed E-state index contributed by atoms with van der Waals surface area (Å²) in [5.41, 5.74) is 0.825. The van der Waals surface area contributed by atoms with Gasteiger partial charge in [-0.3, -0.25) is 4.79 Å². The molecule has 0 radical (unpaired) electrons. The lowest BCUT2D eigenvalue weighted by Crippen LogP contribution is -2.10. The quantitative estimate of drug-likeness (QED) is 0.538. The zero-order valence-electron chi connectivity index (χ0n) is 8.78. The van der Waals surface area contributed by atoms with Crippen molar-refractivity contribution in [2.45, 2.75) is 19.8 Å². The van der Waals surface area contributed by atoms with E-state index >= 15 is 0 Å². The lowest BCUT2D eigenvalue weighted by molar-refractivity contribution is -0.108. The van der Waals surface area contributed by atoms with Gasteiger partial charge in [-0.25, -0.2) is 0 Å². The number of rotatable bonds is 2. The average Bonchev–Trinajstić information content (AvgIpc) is 2.70. The van der Waals surface area contributed by atoms with Crippen LogP contribution in [0.1, 0.15) is 19.8 Å². The molecule has 1 fully saturated rings. The third-order valence-electron chi connectivity index (χ3n) is 3.74. The summed E-state index contributed by atoms with van der Waals surface area (Å²) in [7, 11) is 1.54. The Bertz CT molecular complexity index is 368. The van der Waals surface area contributed by atoms with E-state index in [9.17, 15) is 4.79 Å². The van der Waals surface area contributed by atoms with Gasteiger partial charge in [0.2, 0.25) is 5.24 Å². The van der Waals surface area contributed by atoms with Crippen LogP contribution in [0.15, 0.2) is 11.6 Å². The van der Waals surface area contributed by atoms with Crippen LogP contribution >= 0.6 is 22.5 Å². The zero-order valence-corrected chi connectivity index (χ0v) is 10.4. The van der Waals surface area contributed by atoms with Crippen LogP contribution < -0.4 is 0 Å². The van der Waals surface area contributed by atoms with Gasteiger partial charge in [0.1, 0.15) is 0 Å². The van der Waals surface area contributed by atoms with Crippen molar-refractivity contribution in [3.05, 3.63) is 11.6 Å². The summed E-state index contributed by atoms with van der Waals surface area (Å²) in [5.74, 6) is 6.19. The summed E-state index contributed by atoms with van der Waals surface area (Å²) in [5, 5.41) is 1.94. The molecule has 4 unspecified atom stereocenters. The average molecular weight is 243 g/mol. The lowest BCUT2D eigenvalue weighted by Gasteiger charge is -2.14. The summed E-state index contributed by atoms with van der Waals surface area (Å²) in [4.78, 5) is 11.1. The molecule has 82 valence electrons. The Morgan fingerprint density at radius 2 is 2.47 bits per heavy atom. The minimum absolute atomic E-state index is 0.266. The van der Waals surface area contributed by atoms with E-state index in [0.717, 1.165) is 12.0 Å². The standard InChI is InChI=1S/C12H15ClOS/c1-7-3-9(6-15-2)11-5-8(12(13)14)4-10(7)11/h5-7,9-11H,2-4H2,1H3. The number of hydrogen-bond acceptors (Lipinski definition) is 1. The summed E-state index contributed by atoms with van der Waals surface area (Å²) >= 11 is 5.53. The maximum atomic E-state index is 11.1. The van der Waals surface area contributed by atoms with Crippen molar-refractivity contribution in [2.75, 3.05) is 0 Å². The van der Waals surface area contributed by atoms with Gasteiger partial charge in [-0.15, -0.1) is 0 Å². The molecule has 2 aliphatic carbocycles. The molecule has 0 saturated heterocycles. The molecule has 0 spiro atoms. The summed E-state index contributed by atoms with van der Waals surface area (Å²) in [6, 6.07) is 0. The Morgan fingerprint density at radius 1 is 1.73 bits per heavy atom. The normalized spacial score (nSPS) is 38.4. The second-order valence-corrected chi connectivity index (χ2v) is 5.54. The fraction of sp³-hybridized carbons (Fsp3) is 0.583. The molecule has 0 aliphatic heterocycles. The maximum absolute atomic E-state index is 11.1. The van der Waals surface area contributed by atoms with Crippen LogP contribution in [0.3, 0.4) is 0 Å². The number of halogens is 1. The molecule has 0 aromatic rings. The molecule has 3 heteroatoms. The number of carbonyl (C=O) groups excluding carboxylic acids is 1. The van der Waals surface area contributed by atoms with E-state index in [2.05, 4.69) is 24.2 Å². The van der Waals surface area contributed by atoms with Crippen LogP contribution in [0.5, 0.6) is 0 Å². The molecule has 4 atom stereocenters. The number of hydrogen-bond donors (Lipinski definition) is 0. The van der Waals surface area contributed by atoms with E-state index in [0.29, 0.717) is 23.7 Å². The first-order chi connectivity index (χ1) is 7.13. The predicted octanol–water partition coefficient (Wildman–Crippen LogP) is 2.94. The second kappa shape index (κ2) is 4.26. The third kappa shape index (κ3) is 1.98. The van der Waals surface area contributed by atoms with Crippen LogP contribution in [0, 0.1) is 23.7 Å². The molecule has 0 heterocycles. The lowest BCUT2D eigenvalue weighted by atomic mass is 9.91. The highest BCUT2D eigenvalue weighted by atomic mass is 35.5. The first kappa shape index (κ1) is 11.2. The van der Waals surface area contributed by atoms with Crippen molar-refractivity contribution in [3.63, 3.8) is 0 Å². The van der Waals surface area contributed by atoms with Crippen LogP contribution in [0.25, 0.3) is 0 Å². The molecule has 0 aromatic heterocycles. The van der Waals surface area contributed by atoms with Crippen molar-refractivity contribution < 1.29 is 4.79 Å². The summed E-state index contributed by atoms with van der Waals surface area (Å²) < 4.78 is 0. The van der Waals surface area contributed by atoms with Crippen molar-refractivity contribution >= 4 is 39.0 Å². The van der Waals surface area contributed by atoms with Crippen LogP contribution in [0.4, 0.5) is 0 Å². The molecule has 0 amide bonds. The number of fused-ring (bicyclic) bond motifs is 1. The Morgan fingerprint density at radius 3 is 3.07 bits per heavy atom. The minimum Gasteiger partial charge on any atom is -0.276 e. The molecule has 1 nitrogen and oxygen atoms in total. The van der Waals surface area contributed by atoms with Gasteiger partial charge in [0.15, 0.2) is 0 Å². The molecular weight excluding hydrogens is 228 g/mol. The molecule has 0 bridgehead atoms. The second-order valence-electron chi connectivity index (χ2n) is 4.59. The molecule has 0 aromatic carbocycles. The molecule has 15 heavy (non-hydrogen) atoms. The Hall–Kier alpha value is -0.340. The van der Waals surface area contributed by atoms with Gasteiger partial charge < -0.3 is 0 Å². The fourth-order valence-corrected chi connectivity index (χ4v) is 3.69. The summed E-state index contributed by atoms with van der Waals surface area (Å²) in [6.45, 7) is 2.27. The van der Waals surface area contributed by atoms with E-state index in [1.807, 2.05) is 0 Å². The highest BCUT2D eigenvalue weighted by Gasteiger charge is 2.43. The molecular formula is C12H15ClOS. The van der Waals surface area contributed by atoms with Gasteiger partial charge in [-0.05, 0) is 59.4 Å². The monoisotopic (exact) mass is 242 g/mol. The molecule has 1 saturated carbocycles. The minimum atomic E-state index is -0.266. The predicted molar refractivity (Wildman–Crippen MR) is 68.6 cm³/mol. The van der Waals surface area contributed by atoms with Crippen molar-refractivity contribution in [1.29, 1.82) is 0 Å². The maximum Gasteiger partial charge on any atom is 0.248 e. The van der Waals surface area contributed by atoms with E-state index in [1.54, 1.807) is 0 Å². The van der Waals surface area contributed by atoms with E-state index in [-0.39, 0.29) is 5.24 Å². The Labute approximate surface area is 99.0 Å². The van der Waals surface area contributed by atoms with Gasteiger partial charge in [0.05, 0.1) is 0 Å².